The minimum Gasteiger partial charge on any atom is -0.329 e. The average molecular weight is 300 g/mol. The van der Waals surface area contributed by atoms with Crippen LogP contribution < -0.4 is 5.73 Å². The Morgan fingerprint density at radius 3 is 2.80 bits per heavy atom. The molecule has 2 atom stereocenters. The summed E-state index contributed by atoms with van der Waals surface area (Å²) in [5.41, 5.74) is 6.49. The molecule has 1 aliphatic heterocycles. The standard InChI is InChI=1S/C15H23ClFN3/c1-3-11-10-19(2)7-8-20(11)14(9-18)15-12(16)5-4-6-13(15)17/h4-6,11,14H,3,7-10,18H2,1-2H3. The van der Waals surface area contributed by atoms with Crippen LogP contribution in [0.15, 0.2) is 18.2 Å². The van der Waals surface area contributed by atoms with Crippen LogP contribution in [0, 0.1) is 5.82 Å². The van der Waals surface area contributed by atoms with Gasteiger partial charge in [0.1, 0.15) is 5.82 Å². The van der Waals surface area contributed by atoms with Gasteiger partial charge in [-0.2, -0.15) is 0 Å². The number of nitrogens with zero attached hydrogens (tertiary/aromatic N) is 2. The second-order valence-corrected chi connectivity index (χ2v) is 5.86. The van der Waals surface area contributed by atoms with E-state index in [9.17, 15) is 4.39 Å². The molecule has 5 heteroatoms. The van der Waals surface area contributed by atoms with Crippen LogP contribution in [0.2, 0.25) is 5.02 Å². The van der Waals surface area contributed by atoms with Crippen molar-refractivity contribution in [1.29, 1.82) is 0 Å². The molecule has 0 aromatic heterocycles. The molecule has 1 aromatic carbocycles. The van der Waals surface area contributed by atoms with E-state index in [4.69, 9.17) is 17.3 Å². The fourth-order valence-corrected chi connectivity index (χ4v) is 3.34. The second-order valence-electron chi connectivity index (χ2n) is 5.45. The van der Waals surface area contributed by atoms with Crippen molar-refractivity contribution in [2.45, 2.75) is 25.4 Å². The van der Waals surface area contributed by atoms with Crippen molar-refractivity contribution in [1.82, 2.24) is 9.80 Å². The zero-order valence-corrected chi connectivity index (χ0v) is 12.9. The lowest BCUT2D eigenvalue weighted by Crippen LogP contribution is -2.54. The molecule has 0 spiro atoms. The Balaban J connectivity index is 2.31. The van der Waals surface area contributed by atoms with E-state index in [0.29, 0.717) is 23.2 Å². The van der Waals surface area contributed by atoms with Gasteiger partial charge in [-0.1, -0.05) is 24.6 Å². The van der Waals surface area contributed by atoms with Crippen molar-refractivity contribution >= 4 is 11.6 Å². The molecular weight excluding hydrogens is 277 g/mol. The summed E-state index contributed by atoms with van der Waals surface area (Å²) in [5.74, 6) is -0.262. The predicted molar refractivity (Wildman–Crippen MR) is 81.5 cm³/mol. The SMILES string of the molecule is CCC1CN(C)CCN1C(CN)c1c(F)cccc1Cl. The highest BCUT2D eigenvalue weighted by molar-refractivity contribution is 6.31. The Morgan fingerprint density at radius 2 is 2.20 bits per heavy atom. The molecule has 20 heavy (non-hydrogen) atoms. The molecule has 0 bridgehead atoms. The summed E-state index contributed by atoms with van der Waals surface area (Å²) in [6.07, 6.45) is 1.02. The molecule has 3 nitrogen and oxygen atoms in total. The number of rotatable bonds is 4. The van der Waals surface area contributed by atoms with E-state index >= 15 is 0 Å². The number of hydrogen-bond acceptors (Lipinski definition) is 3. The first-order valence-corrected chi connectivity index (χ1v) is 7.54. The molecule has 2 N–H and O–H groups in total. The maximum atomic E-state index is 14.2. The fourth-order valence-electron chi connectivity index (χ4n) is 3.05. The van der Waals surface area contributed by atoms with E-state index in [1.165, 1.54) is 6.07 Å². The molecule has 0 amide bonds. The van der Waals surface area contributed by atoms with Crippen LogP contribution in [-0.4, -0.2) is 49.1 Å². The van der Waals surface area contributed by atoms with Gasteiger partial charge in [0.25, 0.3) is 0 Å². The lowest BCUT2D eigenvalue weighted by atomic mass is 9.99. The largest absolute Gasteiger partial charge is 0.329 e. The molecule has 1 aliphatic rings. The molecular formula is C15H23ClFN3. The van der Waals surface area contributed by atoms with Gasteiger partial charge in [-0.05, 0) is 25.6 Å². The van der Waals surface area contributed by atoms with Crippen molar-refractivity contribution in [2.75, 3.05) is 33.2 Å². The van der Waals surface area contributed by atoms with Gasteiger partial charge in [-0.15, -0.1) is 0 Å². The maximum absolute atomic E-state index is 14.2. The molecule has 1 heterocycles. The zero-order chi connectivity index (χ0) is 14.7. The van der Waals surface area contributed by atoms with Gasteiger partial charge >= 0.3 is 0 Å². The van der Waals surface area contributed by atoms with Crippen LogP contribution in [0.25, 0.3) is 0 Å². The van der Waals surface area contributed by atoms with Crippen molar-refractivity contribution in [2.24, 2.45) is 5.73 Å². The zero-order valence-electron chi connectivity index (χ0n) is 12.1. The second kappa shape index (κ2) is 6.85. The van der Waals surface area contributed by atoms with Gasteiger partial charge in [0, 0.05) is 42.8 Å². The quantitative estimate of drug-likeness (QED) is 0.927. The van der Waals surface area contributed by atoms with Crippen molar-refractivity contribution < 1.29 is 4.39 Å². The summed E-state index contributed by atoms with van der Waals surface area (Å²) in [5, 5.41) is 0.467. The number of halogens is 2. The van der Waals surface area contributed by atoms with Gasteiger partial charge in [0.05, 0.1) is 6.04 Å². The van der Waals surface area contributed by atoms with Gasteiger partial charge in [0.2, 0.25) is 0 Å². The minimum absolute atomic E-state index is 0.151. The van der Waals surface area contributed by atoms with Crippen molar-refractivity contribution in [3.8, 4) is 0 Å². The third kappa shape index (κ3) is 3.14. The average Bonchev–Trinajstić information content (AvgIpc) is 2.43. The topological polar surface area (TPSA) is 32.5 Å². The molecule has 2 rings (SSSR count). The van der Waals surface area contributed by atoms with Gasteiger partial charge in [-0.3, -0.25) is 4.90 Å². The number of nitrogens with two attached hydrogens (primary N) is 1. The molecule has 0 radical (unpaired) electrons. The molecule has 0 aliphatic carbocycles. The minimum atomic E-state index is -0.262. The summed E-state index contributed by atoms with van der Waals surface area (Å²) >= 11 is 6.21. The first-order chi connectivity index (χ1) is 9.58. The van der Waals surface area contributed by atoms with Crippen LogP contribution in [-0.2, 0) is 0 Å². The van der Waals surface area contributed by atoms with E-state index in [-0.39, 0.29) is 11.9 Å². The molecule has 0 saturated carbocycles. The van der Waals surface area contributed by atoms with Crippen molar-refractivity contribution in [3.05, 3.63) is 34.6 Å². The van der Waals surface area contributed by atoms with Crippen LogP contribution in [0.4, 0.5) is 4.39 Å². The summed E-state index contributed by atoms with van der Waals surface area (Å²) in [6.45, 7) is 5.38. The Hall–Kier alpha value is -0.680. The summed E-state index contributed by atoms with van der Waals surface area (Å²) in [6, 6.07) is 5.07. The first kappa shape index (κ1) is 15.7. The molecule has 2 unspecified atom stereocenters. The Morgan fingerprint density at radius 1 is 1.45 bits per heavy atom. The number of likely N-dealkylation sites (N-methyl/N-ethyl adjacent to an activating group) is 1. The third-order valence-electron chi connectivity index (χ3n) is 4.16. The lowest BCUT2D eigenvalue weighted by Gasteiger charge is -2.44. The molecule has 1 fully saturated rings. The Labute approximate surface area is 125 Å². The number of piperazine rings is 1. The summed E-state index contributed by atoms with van der Waals surface area (Å²) < 4.78 is 14.2. The third-order valence-corrected chi connectivity index (χ3v) is 4.49. The van der Waals surface area contributed by atoms with Crippen LogP contribution >= 0.6 is 11.6 Å². The van der Waals surface area contributed by atoms with E-state index in [1.807, 2.05) is 0 Å². The highest BCUT2D eigenvalue weighted by Gasteiger charge is 2.32. The van der Waals surface area contributed by atoms with Crippen LogP contribution in [0.1, 0.15) is 24.9 Å². The smallest absolute Gasteiger partial charge is 0.129 e. The van der Waals surface area contributed by atoms with E-state index in [2.05, 4.69) is 23.8 Å². The van der Waals surface area contributed by atoms with Gasteiger partial charge in [-0.25, -0.2) is 4.39 Å². The number of benzene rings is 1. The van der Waals surface area contributed by atoms with E-state index in [0.717, 1.165) is 26.1 Å². The lowest BCUT2D eigenvalue weighted by molar-refractivity contribution is 0.0509. The Bertz CT molecular complexity index is 434. The Kier molecular flexibility index (Phi) is 5.38. The van der Waals surface area contributed by atoms with Crippen LogP contribution in [0.5, 0.6) is 0 Å². The van der Waals surface area contributed by atoms with Gasteiger partial charge < -0.3 is 10.6 Å². The highest BCUT2D eigenvalue weighted by atomic mass is 35.5. The summed E-state index contributed by atoms with van der Waals surface area (Å²) in [4.78, 5) is 4.62. The monoisotopic (exact) mass is 299 g/mol. The normalized spacial score (nSPS) is 22.9. The highest BCUT2D eigenvalue weighted by Crippen LogP contribution is 2.32. The fraction of sp³-hybridized carbons (Fsp3) is 0.600. The summed E-state index contributed by atoms with van der Waals surface area (Å²) in [7, 11) is 2.12. The van der Waals surface area contributed by atoms with Crippen molar-refractivity contribution in [3.63, 3.8) is 0 Å². The number of hydrogen-bond donors (Lipinski definition) is 1. The predicted octanol–water partition coefficient (Wildman–Crippen LogP) is 2.50. The van der Waals surface area contributed by atoms with Crippen LogP contribution in [0.3, 0.4) is 0 Å². The van der Waals surface area contributed by atoms with E-state index < -0.39 is 0 Å². The molecule has 112 valence electrons. The molecule has 1 saturated heterocycles. The first-order valence-electron chi connectivity index (χ1n) is 7.16. The van der Waals surface area contributed by atoms with E-state index in [1.54, 1.807) is 12.1 Å². The maximum Gasteiger partial charge on any atom is 0.129 e. The molecule has 1 aromatic rings. The van der Waals surface area contributed by atoms with Gasteiger partial charge in [0.15, 0.2) is 0 Å².